The first-order valence-corrected chi connectivity index (χ1v) is 4.74. The minimum absolute atomic E-state index is 0.0305. The van der Waals surface area contributed by atoms with Crippen molar-refractivity contribution in [3.05, 3.63) is 18.2 Å². The van der Waals surface area contributed by atoms with E-state index < -0.39 is 12.6 Å². The Bertz CT molecular complexity index is 293. The second-order valence-corrected chi connectivity index (χ2v) is 3.28. The maximum atomic E-state index is 11.8. The molecule has 0 aromatic carbocycles. The lowest BCUT2D eigenvalue weighted by atomic mass is 10.4. The summed E-state index contributed by atoms with van der Waals surface area (Å²) < 4.78 is 37.2. The Hall–Kier alpha value is -1.04. The molecule has 0 spiro atoms. The van der Waals surface area contributed by atoms with Crippen molar-refractivity contribution in [3.8, 4) is 0 Å². The molecule has 15 heavy (non-hydrogen) atoms. The summed E-state index contributed by atoms with van der Waals surface area (Å²) in [5.41, 5.74) is 0. The van der Waals surface area contributed by atoms with E-state index in [0.29, 0.717) is 13.1 Å². The highest BCUT2D eigenvalue weighted by Gasteiger charge is 2.25. The van der Waals surface area contributed by atoms with Crippen LogP contribution < -0.4 is 5.32 Å². The maximum absolute atomic E-state index is 11.8. The predicted octanol–water partition coefficient (Wildman–Crippen LogP) is 1.73. The Morgan fingerprint density at radius 2 is 2.13 bits per heavy atom. The van der Waals surface area contributed by atoms with Crippen LogP contribution in [0.1, 0.15) is 12.2 Å². The number of rotatable bonds is 5. The molecule has 0 saturated heterocycles. The SMILES string of the molecule is Cc1nccn1CCNCCC(F)(F)F. The molecule has 0 aliphatic heterocycles. The van der Waals surface area contributed by atoms with E-state index >= 15 is 0 Å². The van der Waals surface area contributed by atoms with Crippen LogP contribution in [0.4, 0.5) is 13.2 Å². The smallest absolute Gasteiger partial charge is 0.334 e. The van der Waals surface area contributed by atoms with E-state index in [1.807, 2.05) is 11.5 Å². The van der Waals surface area contributed by atoms with E-state index in [1.54, 1.807) is 12.4 Å². The van der Waals surface area contributed by atoms with E-state index in [9.17, 15) is 13.2 Å². The molecule has 0 aliphatic rings. The van der Waals surface area contributed by atoms with Crippen molar-refractivity contribution in [2.24, 2.45) is 0 Å². The molecular weight excluding hydrogens is 207 g/mol. The second kappa shape index (κ2) is 5.16. The molecule has 0 atom stereocenters. The zero-order chi connectivity index (χ0) is 11.3. The molecule has 86 valence electrons. The highest BCUT2D eigenvalue weighted by molar-refractivity contribution is 4.88. The van der Waals surface area contributed by atoms with Crippen LogP contribution in [0.15, 0.2) is 12.4 Å². The number of halogens is 3. The van der Waals surface area contributed by atoms with Gasteiger partial charge in [0.05, 0.1) is 6.42 Å². The van der Waals surface area contributed by atoms with Crippen LogP contribution in [0, 0.1) is 6.92 Å². The van der Waals surface area contributed by atoms with Crippen LogP contribution in [0.25, 0.3) is 0 Å². The van der Waals surface area contributed by atoms with Crippen LogP contribution >= 0.6 is 0 Å². The Balaban J connectivity index is 2.10. The first-order valence-electron chi connectivity index (χ1n) is 4.74. The van der Waals surface area contributed by atoms with Gasteiger partial charge in [0.15, 0.2) is 0 Å². The average molecular weight is 221 g/mol. The van der Waals surface area contributed by atoms with Crippen LogP contribution in [0.2, 0.25) is 0 Å². The van der Waals surface area contributed by atoms with Gasteiger partial charge in [-0.25, -0.2) is 4.98 Å². The molecule has 3 nitrogen and oxygen atoms in total. The van der Waals surface area contributed by atoms with Gasteiger partial charge in [-0.1, -0.05) is 0 Å². The van der Waals surface area contributed by atoms with Crippen molar-refractivity contribution in [2.75, 3.05) is 13.1 Å². The first kappa shape index (κ1) is 12.0. The zero-order valence-corrected chi connectivity index (χ0v) is 8.51. The summed E-state index contributed by atoms with van der Waals surface area (Å²) in [5.74, 6) is 0.868. The third-order valence-electron chi connectivity index (χ3n) is 2.04. The number of alkyl halides is 3. The van der Waals surface area contributed by atoms with Gasteiger partial charge < -0.3 is 9.88 Å². The quantitative estimate of drug-likeness (QED) is 0.767. The van der Waals surface area contributed by atoms with Gasteiger partial charge in [-0.15, -0.1) is 0 Å². The molecule has 0 saturated carbocycles. The molecular formula is C9H14F3N3. The fourth-order valence-corrected chi connectivity index (χ4v) is 1.19. The monoisotopic (exact) mass is 221 g/mol. The fourth-order valence-electron chi connectivity index (χ4n) is 1.19. The molecule has 0 bridgehead atoms. The number of hydrogen-bond acceptors (Lipinski definition) is 2. The Labute approximate surface area is 86.3 Å². The van der Waals surface area contributed by atoms with Gasteiger partial charge in [0.1, 0.15) is 5.82 Å². The van der Waals surface area contributed by atoms with Crippen LogP contribution in [0.5, 0.6) is 0 Å². The predicted molar refractivity (Wildman–Crippen MR) is 50.5 cm³/mol. The van der Waals surface area contributed by atoms with Gasteiger partial charge in [-0.2, -0.15) is 13.2 Å². The van der Waals surface area contributed by atoms with Crippen molar-refractivity contribution in [1.29, 1.82) is 0 Å². The molecule has 0 unspecified atom stereocenters. The third kappa shape index (κ3) is 4.83. The summed E-state index contributed by atoms with van der Waals surface area (Å²) in [7, 11) is 0. The summed E-state index contributed by atoms with van der Waals surface area (Å²) in [5, 5.41) is 2.74. The number of nitrogens with one attached hydrogen (secondary N) is 1. The highest BCUT2D eigenvalue weighted by Crippen LogP contribution is 2.17. The van der Waals surface area contributed by atoms with Crippen LogP contribution in [-0.4, -0.2) is 28.8 Å². The van der Waals surface area contributed by atoms with Crippen LogP contribution in [-0.2, 0) is 6.54 Å². The lowest BCUT2D eigenvalue weighted by Gasteiger charge is -2.08. The molecule has 0 radical (unpaired) electrons. The fraction of sp³-hybridized carbons (Fsp3) is 0.667. The molecule has 1 N–H and O–H groups in total. The van der Waals surface area contributed by atoms with E-state index in [0.717, 1.165) is 5.82 Å². The summed E-state index contributed by atoms with van der Waals surface area (Å²) in [6.07, 6.45) is -1.38. The van der Waals surface area contributed by atoms with Crippen molar-refractivity contribution >= 4 is 0 Å². The standard InChI is InChI=1S/C9H14F3N3/c1-8-14-5-7-15(8)6-4-13-3-2-9(10,11)12/h5,7,13H,2-4,6H2,1H3. The summed E-state index contributed by atoms with van der Waals surface area (Å²) in [6.45, 7) is 2.99. The molecule has 0 amide bonds. The summed E-state index contributed by atoms with van der Waals surface area (Å²) in [6, 6.07) is 0. The van der Waals surface area contributed by atoms with E-state index in [-0.39, 0.29) is 6.54 Å². The molecule has 0 fully saturated rings. The molecule has 1 heterocycles. The molecule has 1 rings (SSSR count). The van der Waals surface area contributed by atoms with Crippen molar-refractivity contribution in [2.45, 2.75) is 26.1 Å². The Morgan fingerprint density at radius 3 is 2.67 bits per heavy atom. The minimum atomic E-state index is -4.07. The lowest BCUT2D eigenvalue weighted by Crippen LogP contribution is -2.25. The number of aromatic nitrogens is 2. The normalized spacial score (nSPS) is 12.0. The zero-order valence-electron chi connectivity index (χ0n) is 8.51. The lowest BCUT2D eigenvalue weighted by molar-refractivity contribution is -0.133. The number of imidazole rings is 1. The third-order valence-corrected chi connectivity index (χ3v) is 2.04. The average Bonchev–Trinajstić information content (AvgIpc) is 2.49. The highest BCUT2D eigenvalue weighted by atomic mass is 19.4. The van der Waals surface area contributed by atoms with E-state index in [1.165, 1.54) is 0 Å². The molecule has 0 aliphatic carbocycles. The largest absolute Gasteiger partial charge is 0.390 e. The van der Waals surface area contributed by atoms with Crippen LogP contribution in [0.3, 0.4) is 0 Å². The van der Waals surface area contributed by atoms with Crippen molar-refractivity contribution < 1.29 is 13.2 Å². The van der Waals surface area contributed by atoms with Gasteiger partial charge in [0, 0.05) is 32.0 Å². The molecule has 1 aromatic heterocycles. The van der Waals surface area contributed by atoms with Crippen molar-refractivity contribution in [3.63, 3.8) is 0 Å². The molecule has 1 aromatic rings. The summed E-state index contributed by atoms with van der Waals surface area (Å²) in [4.78, 5) is 4.01. The minimum Gasteiger partial charge on any atom is -0.334 e. The number of aryl methyl sites for hydroxylation is 1. The topological polar surface area (TPSA) is 29.9 Å². The van der Waals surface area contributed by atoms with Gasteiger partial charge in [-0.3, -0.25) is 0 Å². The van der Waals surface area contributed by atoms with Gasteiger partial charge in [-0.05, 0) is 6.92 Å². The van der Waals surface area contributed by atoms with Crippen molar-refractivity contribution in [1.82, 2.24) is 14.9 Å². The van der Waals surface area contributed by atoms with Gasteiger partial charge in [0.25, 0.3) is 0 Å². The van der Waals surface area contributed by atoms with Gasteiger partial charge in [0.2, 0.25) is 0 Å². The number of nitrogens with zero attached hydrogens (tertiary/aromatic N) is 2. The summed E-state index contributed by atoms with van der Waals surface area (Å²) >= 11 is 0. The van der Waals surface area contributed by atoms with E-state index in [4.69, 9.17) is 0 Å². The second-order valence-electron chi connectivity index (χ2n) is 3.28. The maximum Gasteiger partial charge on any atom is 0.390 e. The Morgan fingerprint density at radius 1 is 1.40 bits per heavy atom. The van der Waals surface area contributed by atoms with E-state index in [2.05, 4.69) is 10.3 Å². The first-order chi connectivity index (χ1) is 6.99. The Kier molecular flexibility index (Phi) is 4.14. The number of hydrogen-bond donors (Lipinski definition) is 1. The molecule has 6 heteroatoms. The van der Waals surface area contributed by atoms with Gasteiger partial charge >= 0.3 is 6.18 Å².